The minimum absolute atomic E-state index is 0.0249. The second kappa shape index (κ2) is 12.8. The van der Waals surface area contributed by atoms with Crippen LogP contribution in [0.25, 0.3) is 11.1 Å². The average molecular weight is 569 g/mol. The third-order valence-corrected chi connectivity index (χ3v) is 8.71. The van der Waals surface area contributed by atoms with Crippen LogP contribution < -0.4 is 14.9 Å². The summed E-state index contributed by atoms with van der Waals surface area (Å²) in [5, 5.41) is 15.3. The van der Waals surface area contributed by atoms with Gasteiger partial charge in [0, 0.05) is 36.9 Å². The topological polar surface area (TPSA) is 111 Å². The molecule has 0 saturated carbocycles. The number of rotatable bonds is 9. The molecule has 0 spiro atoms. The molecule has 4 aromatic carbocycles. The largest absolute Gasteiger partial charge is 0.410 e. The first kappa shape index (κ1) is 28.1. The van der Waals surface area contributed by atoms with Gasteiger partial charge in [-0.05, 0) is 65.9 Å². The van der Waals surface area contributed by atoms with Gasteiger partial charge in [0.1, 0.15) is 5.71 Å². The number of carbonyl (C=O) groups excluding carboxylic acids is 1. The van der Waals surface area contributed by atoms with E-state index >= 15 is 0 Å². The van der Waals surface area contributed by atoms with Gasteiger partial charge in [-0.3, -0.25) is 4.79 Å². The number of nitrogens with zero attached hydrogens (tertiary/aromatic N) is 2. The Morgan fingerprint density at radius 1 is 0.805 bits per heavy atom. The molecule has 9 heteroatoms. The molecule has 1 fully saturated rings. The Kier molecular flexibility index (Phi) is 8.76. The van der Waals surface area contributed by atoms with Crippen LogP contribution in [0.3, 0.4) is 0 Å². The molecule has 0 unspecified atom stereocenters. The van der Waals surface area contributed by atoms with Gasteiger partial charge in [0.15, 0.2) is 0 Å². The maximum absolute atomic E-state index is 13.0. The fraction of sp³-hybridized carbons (Fsp3) is 0.188. The summed E-state index contributed by atoms with van der Waals surface area (Å²) in [5.41, 5.74) is 4.49. The van der Waals surface area contributed by atoms with Gasteiger partial charge >= 0.3 is 0 Å². The van der Waals surface area contributed by atoms with Crippen LogP contribution in [0.15, 0.2) is 119 Å². The first-order chi connectivity index (χ1) is 19.9. The van der Waals surface area contributed by atoms with Gasteiger partial charge in [-0.25, -0.2) is 13.1 Å². The lowest BCUT2D eigenvalue weighted by atomic mass is 10.1. The minimum Gasteiger partial charge on any atom is -0.410 e. The normalized spacial score (nSPS) is 14.5. The number of benzene rings is 4. The molecule has 3 N–H and O–H groups in total. The maximum atomic E-state index is 13.0. The van der Waals surface area contributed by atoms with Crippen molar-refractivity contribution in [2.45, 2.75) is 30.2 Å². The van der Waals surface area contributed by atoms with E-state index in [4.69, 9.17) is 0 Å². The Hall–Kier alpha value is -4.47. The maximum Gasteiger partial charge on any atom is 0.273 e. The molecule has 1 heterocycles. The smallest absolute Gasteiger partial charge is 0.273 e. The van der Waals surface area contributed by atoms with E-state index in [0.717, 1.165) is 22.4 Å². The fourth-order valence-corrected chi connectivity index (χ4v) is 6.21. The van der Waals surface area contributed by atoms with E-state index in [-0.39, 0.29) is 23.1 Å². The Bertz CT molecular complexity index is 1580. The van der Waals surface area contributed by atoms with Crippen molar-refractivity contribution in [2.75, 3.05) is 23.3 Å². The van der Waals surface area contributed by atoms with Crippen molar-refractivity contribution in [3.63, 3.8) is 0 Å². The molecule has 0 atom stereocenters. The summed E-state index contributed by atoms with van der Waals surface area (Å²) in [4.78, 5) is 15.1. The quantitative estimate of drug-likeness (QED) is 0.144. The minimum atomic E-state index is -3.62. The van der Waals surface area contributed by atoms with E-state index in [1.54, 1.807) is 24.3 Å². The molecule has 0 aliphatic carbocycles. The molecule has 1 saturated heterocycles. The number of hydrogen-bond acceptors (Lipinski definition) is 6. The van der Waals surface area contributed by atoms with Crippen LogP contribution in [0, 0.1) is 0 Å². The molecule has 1 aliphatic rings. The number of nitrogens with one attached hydrogen (secondary N) is 2. The van der Waals surface area contributed by atoms with Gasteiger partial charge in [0.2, 0.25) is 10.0 Å². The van der Waals surface area contributed by atoms with Gasteiger partial charge < -0.3 is 15.4 Å². The lowest BCUT2D eigenvalue weighted by Crippen LogP contribution is -2.44. The number of oxime groups is 1. The molecule has 1 aliphatic heterocycles. The summed E-state index contributed by atoms with van der Waals surface area (Å²) in [6.07, 6.45) is 1.57. The lowest BCUT2D eigenvalue weighted by molar-refractivity contribution is -0.110. The predicted molar refractivity (Wildman–Crippen MR) is 162 cm³/mol. The number of sulfonamides is 1. The van der Waals surface area contributed by atoms with Gasteiger partial charge in [-0.2, -0.15) is 0 Å². The van der Waals surface area contributed by atoms with E-state index < -0.39 is 15.9 Å². The molecule has 1 amide bonds. The first-order valence-electron chi connectivity index (χ1n) is 13.5. The zero-order valence-electron chi connectivity index (χ0n) is 22.5. The molecule has 4 aromatic rings. The first-order valence-corrected chi connectivity index (χ1v) is 15.0. The molecule has 8 nitrogen and oxygen atoms in total. The van der Waals surface area contributed by atoms with Gasteiger partial charge in [0.05, 0.1) is 4.90 Å². The molecule has 0 bridgehead atoms. The van der Waals surface area contributed by atoms with Crippen molar-refractivity contribution >= 4 is 33.0 Å². The van der Waals surface area contributed by atoms with Crippen LogP contribution in [0.1, 0.15) is 18.4 Å². The second-order valence-corrected chi connectivity index (χ2v) is 11.7. The highest BCUT2D eigenvalue weighted by atomic mass is 32.2. The summed E-state index contributed by atoms with van der Waals surface area (Å²) in [6, 6.07) is 33.5. The molecule has 41 heavy (non-hydrogen) atoms. The van der Waals surface area contributed by atoms with Crippen LogP contribution in [0.2, 0.25) is 0 Å². The third kappa shape index (κ3) is 7.19. The summed E-state index contributed by atoms with van der Waals surface area (Å²) in [6.45, 7) is 1.40. The monoisotopic (exact) mass is 568 g/mol. The SMILES string of the molecule is O=C(Nc1ccc(N2CCC(NS(=O)(=O)c3ccc(-c4ccccc4)cc3)CC2)cc1)/C(Cc1ccccc1)=N/O. The van der Waals surface area contributed by atoms with Crippen molar-refractivity contribution in [2.24, 2.45) is 5.16 Å². The number of anilines is 2. The van der Waals surface area contributed by atoms with E-state index in [2.05, 4.69) is 20.1 Å². The molecule has 0 radical (unpaired) electrons. The van der Waals surface area contributed by atoms with E-state index in [9.17, 15) is 18.4 Å². The lowest BCUT2D eigenvalue weighted by Gasteiger charge is -2.34. The van der Waals surface area contributed by atoms with Crippen molar-refractivity contribution in [1.82, 2.24) is 4.72 Å². The van der Waals surface area contributed by atoms with Crippen molar-refractivity contribution in [3.05, 3.63) is 115 Å². The van der Waals surface area contributed by atoms with Gasteiger partial charge in [-0.15, -0.1) is 0 Å². The van der Waals surface area contributed by atoms with E-state index in [0.29, 0.717) is 31.6 Å². The predicted octanol–water partition coefficient (Wildman–Crippen LogP) is 5.31. The fourth-order valence-electron chi connectivity index (χ4n) is 4.91. The zero-order valence-corrected chi connectivity index (χ0v) is 23.3. The summed E-state index contributed by atoms with van der Waals surface area (Å²) < 4.78 is 28.9. The van der Waals surface area contributed by atoms with Crippen LogP contribution in [0.4, 0.5) is 11.4 Å². The Morgan fingerprint density at radius 2 is 1.39 bits per heavy atom. The van der Waals surface area contributed by atoms with Gasteiger partial charge in [0.25, 0.3) is 5.91 Å². The molecule has 0 aromatic heterocycles. The van der Waals surface area contributed by atoms with E-state index in [1.165, 1.54) is 0 Å². The Labute approximate surface area is 240 Å². The standard InChI is InChI=1S/C32H32N4O4S/c37-32(31(34-38)23-24-7-3-1-4-8-24)33-27-13-15-29(16-14-27)36-21-19-28(20-22-36)35-41(39,40)30-17-11-26(12-18-30)25-9-5-2-6-10-25/h1-18,28,35,38H,19-23H2,(H,33,37)/b34-31+. The second-order valence-electron chi connectivity index (χ2n) is 9.98. The Morgan fingerprint density at radius 3 is 2.00 bits per heavy atom. The van der Waals surface area contributed by atoms with Crippen molar-refractivity contribution < 1.29 is 18.4 Å². The van der Waals surface area contributed by atoms with E-state index in [1.807, 2.05) is 84.9 Å². The highest BCUT2D eigenvalue weighted by Gasteiger charge is 2.25. The Balaban J connectivity index is 1.12. The highest BCUT2D eigenvalue weighted by molar-refractivity contribution is 7.89. The highest BCUT2D eigenvalue weighted by Crippen LogP contribution is 2.24. The average Bonchev–Trinajstić information content (AvgIpc) is 3.01. The molecular weight excluding hydrogens is 536 g/mol. The summed E-state index contributed by atoms with van der Waals surface area (Å²) >= 11 is 0. The van der Waals surface area contributed by atoms with Gasteiger partial charge in [-0.1, -0.05) is 78.0 Å². The molecular formula is C32H32N4O4S. The summed E-state index contributed by atoms with van der Waals surface area (Å²) in [7, 11) is -3.62. The van der Waals surface area contributed by atoms with Crippen LogP contribution in [-0.2, 0) is 21.2 Å². The van der Waals surface area contributed by atoms with Crippen LogP contribution in [-0.4, -0.2) is 44.4 Å². The van der Waals surface area contributed by atoms with Crippen LogP contribution in [0.5, 0.6) is 0 Å². The number of piperidine rings is 1. The van der Waals surface area contributed by atoms with Crippen molar-refractivity contribution in [3.8, 4) is 11.1 Å². The number of carbonyl (C=O) groups is 1. The number of amides is 1. The van der Waals surface area contributed by atoms with Crippen LogP contribution >= 0.6 is 0 Å². The van der Waals surface area contributed by atoms with Crippen molar-refractivity contribution in [1.29, 1.82) is 0 Å². The zero-order chi connectivity index (χ0) is 28.7. The third-order valence-electron chi connectivity index (χ3n) is 7.18. The number of hydrogen-bond donors (Lipinski definition) is 3. The molecule has 5 rings (SSSR count). The molecule has 210 valence electrons. The summed E-state index contributed by atoms with van der Waals surface area (Å²) in [5.74, 6) is -0.466.